The first-order valence-electron chi connectivity index (χ1n) is 7.63. The van der Waals surface area contributed by atoms with Gasteiger partial charge >= 0.3 is 6.18 Å². The third-order valence-electron chi connectivity index (χ3n) is 3.37. The van der Waals surface area contributed by atoms with Crippen molar-refractivity contribution < 1.29 is 31.6 Å². The van der Waals surface area contributed by atoms with Crippen LogP contribution in [-0.4, -0.2) is 21.2 Å². The number of amides is 1. The normalized spacial score (nSPS) is 11.2. The number of anilines is 1. The molecule has 2 N–H and O–H groups in total. The second kappa shape index (κ2) is 7.83. The van der Waals surface area contributed by atoms with Crippen LogP contribution in [0.25, 0.3) is 0 Å². The number of alkyl halides is 3. The van der Waals surface area contributed by atoms with E-state index >= 15 is 0 Å². The van der Waals surface area contributed by atoms with E-state index in [1.165, 1.54) is 12.3 Å². The molecule has 0 aliphatic rings. The molecule has 1 aromatic carbocycles. The lowest BCUT2D eigenvalue weighted by Crippen LogP contribution is -2.22. The Morgan fingerprint density at radius 3 is 2.62 bits per heavy atom. The first-order chi connectivity index (χ1) is 13.6. The smallest absolute Gasteiger partial charge is 0.435 e. The fourth-order valence-corrected chi connectivity index (χ4v) is 2.30. The number of carbonyl (C=O) groups excluding carboxylic acids is 1. The molecule has 3 rings (SSSR count). The Kier molecular flexibility index (Phi) is 5.46. The molecule has 0 spiro atoms. The molecule has 0 saturated heterocycles. The summed E-state index contributed by atoms with van der Waals surface area (Å²) in [6, 6.07) is 4.72. The Morgan fingerprint density at radius 2 is 1.97 bits per heavy atom. The number of H-pyrrole nitrogens is 1. The molecule has 150 valence electrons. The standard InChI is InChI=1S/C16H8ClF4N5O3/c17-11-5-8(18)1-2-12(11)29-15-10(6-13(24-25-15)16(19,20)21)14(27)23-9-3-4-22-26(28)7-9/h1-7H,(H-,22,23,27,28)/p+1. The lowest BCUT2D eigenvalue weighted by atomic mass is 10.2. The van der Waals surface area contributed by atoms with Gasteiger partial charge < -0.3 is 10.1 Å². The van der Waals surface area contributed by atoms with Gasteiger partial charge in [-0.15, -0.1) is 15.3 Å². The van der Waals surface area contributed by atoms with Crippen molar-refractivity contribution in [2.75, 3.05) is 5.32 Å². The molecule has 0 radical (unpaired) electrons. The molecule has 0 bridgehead atoms. The summed E-state index contributed by atoms with van der Waals surface area (Å²) in [5, 5.41) is 10.6. The second-order valence-corrected chi connectivity index (χ2v) is 5.86. The van der Waals surface area contributed by atoms with Crippen LogP contribution in [-0.2, 0) is 6.18 Å². The molecule has 3 aromatic rings. The summed E-state index contributed by atoms with van der Waals surface area (Å²) in [7, 11) is 0. The first kappa shape index (κ1) is 20.2. The summed E-state index contributed by atoms with van der Waals surface area (Å²) in [4.78, 5) is 23.7. The molecule has 2 aromatic heterocycles. The Labute approximate surface area is 163 Å². The predicted octanol–water partition coefficient (Wildman–Crippen LogP) is 3.58. The lowest BCUT2D eigenvalue weighted by molar-refractivity contribution is -0.563. The van der Waals surface area contributed by atoms with Crippen molar-refractivity contribution in [1.82, 2.24) is 15.3 Å². The summed E-state index contributed by atoms with van der Waals surface area (Å²) in [5.41, 5.74) is -2.10. The predicted molar refractivity (Wildman–Crippen MR) is 90.6 cm³/mol. The number of carbonyl (C=O) groups is 1. The van der Waals surface area contributed by atoms with Crippen LogP contribution in [0, 0.1) is 10.7 Å². The van der Waals surface area contributed by atoms with Gasteiger partial charge in [0.15, 0.2) is 10.2 Å². The van der Waals surface area contributed by atoms with E-state index < -0.39 is 35.0 Å². The van der Waals surface area contributed by atoms with Gasteiger partial charge in [-0.25, -0.2) is 4.39 Å². The van der Waals surface area contributed by atoms with Gasteiger partial charge in [0.25, 0.3) is 18.0 Å². The van der Waals surface area contributed by atoms with E-state index in [4.69, 9.17) is 16.3 Å². The molecule has 2 heterocycles. The number of nitrogens with one attached hydrogen (secondary N) is 2. The zero-order chi connectivity index (χ0) is 21.2. The third kappa shape index (κ3) is 4.85. The zero-order valence-electron chi connectivity index (χ0n) is 14.0. The summed E-state index contributed by atoms with van der Waals surface area (Å²) < 4.78 is 57.7. The first-order valence-corrected chi connectivity index (χ1v) is 8.01. The van der Waals surface area contributed by atoms with Crippen LogP contribution in [0.15, 0.2) is 42.7 Å². The van der Waals surface area contributed by atoms with Crippen LogP contribution < -0.4 is 14.6 Å². The number of halogens is 5. The number of hydrogen-bond acceptors (Lipinski definition) is 5. The number of rotatable bonds is 4. The van der Waals surface area contributed by atoms with Crippen molar-refractivity contribution in [2.24, 2.45) is 0 Å². The SMILES string of the molecule is O=C(Nc1cc[nH][n+](=O)c1)c1cc(C(F)(F)F)nnc1Oc1ccc(F)cc1Cl. The Balaban J connectivity index is 2.01. The average molecular weight is 431 g/mol. The maximum atomic E-state index is 13.2. The summed E-state index contributed by atoms with van der Waals surface area (Å²) >= 11 is 5.83. The van der Waals surface area contributed by atoms with Crippen LogP contribution in [0.5, 0.6) is 11.6 Å². The van der Waals surface area contributed by atoms with Crippen molar-refractivity contribution >= 4 is 23.2 Å². The number of aromatic nitrogens is 4. The van der Waals surface area contributed by atoms with E-state index in [0.717, 1.165) is 24.4 Å². The molecular formula is C16H9ClF4N5O3+. The average Bonchev–Trinajstić information content (AvgIpc) is 2.63. The maximum absolute atomic E-state index is 13.2. The fraction of sp³-hybridized carbons (Fsp3) is 0.0625. The molecule has 1 amide bonds. The van der Waals surface area contributed by atoms with Crippen molar-refractivity contribution in [3.8, 4) is 11.6 Å². The Morgan fingerprint density at radius 1 is 1.21 bits per heavy atom. The molecule has 0 aliphatic heterocycles. The highest BCUT2D eigenvalue weighted by atomic mass is 35.5. The number of hydrogen-bond donors (Lipinski definition) is 2. The van der Waals surface area contributed by atoms with Crippen molar-refractivity contribution in [2.45, 2.75) is 6.18 Å². The molecule has 0 fully saturated rings. The van der Waals surface area contributed by atoms with E-state index in [0.29, 0.717) is 6.07 Å². The quantitative estimate of drug-likeness (QED) is 0.486. The second-order valence-electron chi connectivity index (χ2n) is 5.45. The summed E-state index contributed by atoms with van der Waals surface area (Å²) in [5.74, 6) is -2.51. The molecule has 8 nitrogen and oxygen atoms in total. The molecule has 0 aliphatic carbocycles. The van der Waals surface area contributed by atoms with Crippen molar-refractivity contribution in [3.63, 3.8) is 0 Å². The van der Waals surface area contributed by atoms with Gasteiger partial charge in [0.05, 0.1) is 16.1 Å². The van der Waals surface area contributed by atoms with Gasteiger partial charge in [0.2, 0.25) is 0 Å². The largest absolute Gasteiger partial charge is 0.435 e. The molecule has 0 saturated carbocycles. The topological polar surface area (TPSA) is 103 Å². The van der Waals surface area contributed by atoms with E-state index in [2.05, 4.69) is 20.6 Å². The maximum Gasteiger partial charge on any atom is 0.435 e. The van der Waals surface area contributed by atoms with Crippen LogP contribution >= 0.6 is 11.6 Å². The highest BCUT2D eigenvalue weighted by Gasteiger charge is 2.35. The number of nitrogens with zero attached hydrogens (tertiary/aromatic N) is 3. The number of aromatic amines is 1. The minimum absolute atomic E-state index is 0.0140. The number of ether oxygens (including phenoxy) is 1. The summed E-state index contributed by atoms with van der Waals surface area (Å²) in [6.45, 7) is 0. The van der Waals surface area contributed by atoms with Crippen LogP contribution in [0.3, 0.4) is 0 Å². The molecule has 13 heteroatoms. The van der Waals surface area contributed by atoms with Crippen LogP contribution in [0.4, 0.5) is 23.2 Å². The van der Waals surface area contributed by atoms with Gasteiger partial charge in [-0.1, -0.05) is 11.6 Å². The molecular weight excluding hydrogens is 422 g/mol. The highest BCUT2D eigenvalue weighted by molar-refractivity contribution is 6.32. The van der Waals surface area contributed by atoms with Gasteiger partial charge in [0.1, 0.15) is 22.8 Å². The Bertz CT molecular complexity index is 1140. The minimum Gasteiger partial charge on any atom is -0.435 e. The highest BCUT2D eigenvalue weighted by Crippen LogP contribution is 2.33. The van der Waals surface area contributed by atoms with E-state index in [1.54, 1.807) is 0 Å². The van der Waals surface area contributed by atoms with E-state index in [9.17, 15) is 27.3 Å². The van der Waals surface area contributed by atoms with E-state index in [-0.39, 0.29) is 21.0 Å². The third-order valence-corrected chi connectivity index (χ3v) is 3.67. The van der Waals surface area contributed by atoms with Crippen molar-refractivity contribution in [3.05, 3.63) is 69.7 Å². The molecule has 29 heavy (non-hydrogen) atoms. The van der Waals surface area contributed by atoms with Crippen LogP contribution in [0.1, 0.15) is 16.1 Å². The summed E-state index contributed by atoms with van der Waals surface area (Å²) in [6.07, 6.45) is -2.74. The minimum atomic E-state index is -4.88. The number of benzene rings is 1. The van der Waals surface area contributed by atoms with Gasteiger partial charge in [-0.2, -0.15) is 13.2 Å². The zero-order valence-corrected chi connectivity index (χ0v) is 14.8. The Hall–Kier alpha value is -3.54. The molecule has 0 atom stereocenters. The van der Waals surface area contributed by atoms with Gasteiger partial charge in [0, 0.05) is 0 Å². The van der Waals surface area contributed by atoms with Crippen LogP contribution in [0.2, 0.25) is 5.02 Å². The van der Waals surface area contributed by atoms with E-state index in [1.807, 2.05) is 0 Å². The van der Waals surface area contributed by atoms with Gasteiger partial charge in [-0.3, -0.25) is 4.79 Å². The fourth-order valence-electron chi connectivity index (χ4n) is 2.10. The lowest BCUT2D eigenvalue weighted by Gasteiger charge is -2.12. The monoisotopic (exact) mass is 430 g/mol. The van der Waals surface area contributed by atoms with Crippen molar-refractivity contribution in [1.29, 1.82) is 0 Å². The molecule has 0 unspecified atom stereocenters. The van der Waals surface area contributed by atoms with Gasteiger partial charge in [-0.05, 0) is 30.3 Å².